The molecule has 0 aromatic heterocycles. The average Bonchev–Trinajstić information content (AvgIpc) is 2.59. The minimum atomic E-state index is -1.72. The third-order valence-electron chi connectivity index (χ3n) is 3.98. The van der Waals surface area contributed by atoms with Crippen molar-refractivity contribution in [3.8, 4) is 0 Å². The highest BCUT2D eigenvalue weighted by Gasteiger charge is 2.43. The molecule has 0 radical (unpaired) electrons. The Bertz CT molecular complexity index is 626. The van der Waals surface area contributed by atoms with Gasteiger partial charge in [-0.15, -0.1) is 0 Å². The van der Waals surface area contributed by atoms with Crippen LogP contribution in [0.15, 0.2) is 96.6 Å². The number of hydrogen-bond donors (Lipinski definition) is 0. The zero-order valence-electron chi connectivity index (χ0n) is 12.2. The van der Waals surface area contributed by atoms with Gasteiger partial charge in [0.15, 0.2) is 0 Å². The minimum absolute atomic E-state index is 1.13. The Hall–Kier alpha value is -1.91. The summed E-state index contributed by atoms with van der Waals surface area (Å²) in [6, 6.07) is 21.6. The molecule has 0 saturated heterocycles. The molecular formula is C20H20P+. The predicted octanol–water partition coefficient (Wildman–Crippen LogP) is 5.03. The van der Waals surface area contributed by atoms with E-state index in [-0.39, 0.29) is 0 Å². The third-order valence-corrected chi connectivity index (χ3v) is 7.90. The summed E-state index contributed by atoms with van der Waals surface area (Å²) < 4.78 is 0. The zero-order chi connectivity index (χ0) is 14.5. The maximum atomic E-state index is 4.24. The van der Waals surface area contributed by atoms with Crippen LogP contribution in [0.3, 0.4) is 0 Å². The SMILES string of the molecule is C=C[P+](C1=CCCC=C1)(c1ccccc1)c1ccccc1. The first-order chi connectivity index (χ1) is 10.4. The fourth-order valence-corrected chi connectivity index (χ4v) is 6.52. The molecule has 1 aliphatic rings. The largest absolute Gasteiger partial charge is 0.136 e. The standard InChI is InChI=1S/C20H20P/c1-2-21(18-12-6-3-7-13-18,19-14-8-4-9-15-19)20-16-10-5-11-17-20/h2-4,6-10,12-17H,1,5,11H2/q+1. The molecule has 1 aliphatic carbocycles. The van der Waals surface area contributed by atoms with Crippen molar-refractivity contribution >= 4 is 17.9 Å². The van der Waals surface area contributed by atoms with E-state index in [2.05, 4.69) is 91.3 Å². The van der Waals surface area contributed by atoms with E-state index in [0.717, 1.165) is 12.8 Å². The van der Waals surface area contributed by atoms with Crippen LogP contribution in [0.2, 0.25) is 0 Å². The first-order valence-electron chi connectivity index (χ1n) is 7.39. The van der Waals surface area contributed by atoms with Crippen molar-refractivity contribution in [2.24, 2.45) is 0 Å². The second-order valence-electron chi connectivity index (χ2n) is 5.19. The monoisotopic (exact) mass is 291 g/mol. The topological polar surface area (TPSA) is 0 Å². The number of benzene rings is 2. The van der Waals surface area contributed by atoms with Gasteiger partial charge in [-0.3, -0.25) is 0 Å². The molecular weight excluding hydrogens is 271 g/mol. The lowest BCUT2D eigenvalue weighted by Gasteiger charge is -2.25. The molecule has 3 rings (SSSR count). The van der Waals surface area contributed by atoms with Crippen molar-refractivity contribution in [3.63, 3.8) is 0 Å². The van der Waals surface area contributed by atoms with Crippen LogP contribution in [0.1, 0.15) is 12.8 Å². The fraction of sp³-hybridized carbons (Fsp3) is 0.100. The molecule has 0 atom stereocenters. The summed E-state index contributed by atoms with van der Waals surface area (Å²) in [6.45, 7) is 4.24. The molecule has 2 aromatic carbocycles. The lowest BCUT2D eigenvalue weighted by atomic mass is 10.2. The lowest BCUT2D eigenvalue weighted by Crippen LogP contribution is -2.21. The Morgan fingerprint density at radius 1 is 0.810 bits per heavy atom. The maximum absolute atomic E-state index is 4.24. The maximum Gasteiger partial charge on any atom is 0.136 e. The quantitative estimate of drug-likeness (QED) is 0.693. The van der Waals surface area contributed by atoms with Gasteiger partial charge in [-0.25, -0.2) is 0 Å². The van der Waals surface area contributed by atoms with Crippen LogP contribution in [-0.4, -0.2) is 0 Å². The van der Waals surface area contributed by atoms with Crippen LogP contribution in [0.5, 0.6) is 0 Å². The summed E-state index contributed by atoms with van der Waals surface area (Å²) in [5.74, 6) is 2.19. The van der Waals surface area contributed by atoms with Gasteiger partial charge >= 0.3 is 0 Å². The number of allylic oxidation sites excluding steroid dienone is 4. The second kappa shape index (κ2) is 6.24. The second-order valence-corrected chi connectivity index (χ2v) is 8.54. The molecule has 0 amide bonds. The Balaban J connectivity index is 2.25. The van der Waals surface area contributed by atoms with Gasteiger partial charge in [0.1, 0.15) is 23.2 Å². The number of hydrogen-bond acceptors (Lipinski definition) is 0. The van der Waals surface area contributed by atoms with Gasteiger partial charge in [0.25, 0.3) is 0 Å². The molecule has 1 heteroatoms. The molecule has 0 bridgehead atoms. The first kappa shape index (κ1) is 14.0. The summed E-state index contributed by atoms with van der Waals surface area (Å²) >= 11 is 0. The van der Waals surface area contributed by atoms with E-state index < -0.39 is 7.26 Å². The van der Waals surface area contributed by atoms with Crippen molar-refractivity contribution < 1.29 is 0 Å². The van der Waals surface area contributed by atoms with E-state index in [4.69, 9.17) is 0 Å². The molecule has 0 aliphatic heterocycles. The number of rotatable bonds is 4. The molecule has 0 saturated carbocycles. The fourth-order valence-electron chi connectivity index (χ4n) is 2.95. The summed E-state index contributed by atoms with van der Waals surface area (Å²) in [5, 5.41) is 4.19. The minimum Gasteiger partial charge on any atom is -0.0803 e. The van der Waals surface area contributed by atoms with E-state index >= 15 is 0 Å². The van der Waals surface area contributed by atoms with Gasteiger partial charge in [0, 0.05) is 0 Å². The lowest BCUT2D eigenvalue weighted by molar-refractivity contribution is 1.03. The molecule has 2 aromatic rings. The Morgan fingerprint density at radius 2 is 1.38 bits per heavy atom. The zero-order valence-corrected chi connectivity index (χ0v) is 13.0. The Morgan fingerprint density at radius 3 is 1.81 bits per heavy atom. The summed E-state index contributed by atoms with van der Waals surface area (Å²) in [4.78, 5) is 0. The molecule has 0 fully saturated rings. The third kappa shape index (κ3) is 2.52. The van der Waals surface area contributed by atoms with Crippen molar-refractivity contribution in [2.45, 2.75) is 12.8 Å². The first-order valence-corrected chi connectivity index (χ1v) is 9.24. The van der Waals surface area contributed by atoms with Crippen molar-refractivity contribution in [1.29, 1.82) is 0 Å². The smallest absolute Gasteiger partial charge is 0.0803 e. The van der Waals surface area contributed by atoms with Crippen molar-refractivity contribution in [2.75, 3.05) is 0 Å². The van der Waals surface area contributed by atoms with E-state index in [9.17, 15) is 0 Å². The Labute approximate surface area is 127 Å². The highest BCUT2D eigenvalue weighted by atomic mass is 31.2. The van der Waals surface area contributed by atoms with Crippen LogP contribution < -0.4 is 10.6 Å². The van der Waals surface area contributed by atoms with Crippen LogP contribution in [-0.2, 0) is 0 Å². The van der Waals surface area contributed by atoms with Gasteiger partial charge in [0.2, 0.25) is 0 Å². The van der Waals surface area contributed by atoms with Crippen LogP contribution in [0.4, 0.5) is 0 Å². The molecule has 0 unspecified atom stereocenters. The van der Waals surface area contributed by atoms with E-state index in [0.29, 0.717) is 0 Å². The molecule has 21 heavy (non-hydrogen) atoms. The summed E-state index contributed by atoms with van der Waals surface area (Å²) in [7, 11) is -1.72. The predicted molar refractivity (Wildman–Crippen MR) is 95.7 cm³/mol. The van der Waals surface area contributed by atoms with E-state index in [1.54, 1.807) is 0 Å². The molecule has 104 valence electrons. The molecule has 0 N–H and O–H groups in total. The van der Waals surface area contributed by atoms with Crippen molar-refractivity contribution in [3.05, 3.63) is 96.6 Å². The molecule has 0 spiro atoms. The summed E-state index contributed by atoms with van der Waals surface area (Å²) in [5.41, 5.74) is 0. The highest BCUT2D eigenvalue weighted by molar-refractivity contribution is 7.95. The molecule has 0 heterocycles. The Kier molecular flexibility index (Phi) is 4.18. The van der Waals surface area contributed by atoms with Crippen LogP contribution in [0, 0.1) is 0 Å². The van der Waals surface area contributed by atoms with Crippen molar-refractivity contribution in [1.82, 2.24) is 0 Å². The molecule has 0 nitrogen and oxygen atoms in total. The van der Waals surface area contributed by atoms with E-state index in [1.807, 2.05) is 0 Å². The van der Waals surface area contributed by atoms with Crippen LogP contribution in [0.25, 0.3) is 0 Å². The summed E-state index contributed by atoms with van der Waals surface area (Å²) in [6.07, 6.45) is 9.26. The average molecular weight is 291 g/mol. The van der Waals surface area contributed by atoms with Gasteiger partial charge in [-0.2, -0.15) is 0 Å². The van der Waals surface area contributed by atoms with Gasteiger partial charge in [0.05, 0.1) is 5.82 Å². The van der Waals surface area contributed by atoms with Crippen LogP contribution >= 0.6 is 7.26 Å². The highest BCUT2D eigenvalue weighted by Crippen LogP contribution is 2.65. The van der Waals surface area contributed by atoms with E-state index in [1.165, 1.54) is 15.9 Å². The van der Waals surface area contributed by atoms with Gasteiger partial charge < -0.3 is 0 Å². The van der Waals surface area contributed by atoms with Gasteiger partial charge in [-0.1, -0.05) is 49.1 Å². The van der Waals surface area contributed by atoms with Gasteiger partial charge in [-0.05, 0) is 49.3 Å². The normalized spacial score (nSPS) is 14.6.